The molecule has 0 aliphatic rings. The maximum absolute atomic E-state index is 9.65. The summed E-state index contributed by atoms with van der Waals surface area (Å²) in [5, 5.41) is 27.3. The SMILES string of the molecule is Cn1c2ccc(CNC(C)(CO)CCO)cc2c2c3ccccc3ccc21. The molecule has 140 valence electrons. The van der Waals surface area contributed by atoms with Gasteiger partial charge in [-0.2, -0.15) is 0 Å². The molecule has 0 bridgehead atoms. The molecule has 4 rings (SSSR count). The van der Waals surface area contributed by atoms with Crippen LogP contribution in [-0.2, 0) is 13.6 Å². The van der Waals surface area contributed by atoms with Gasteiger partial charge in [0.15, 0.2) is 0 Å². The molecule has 27 heavy (non-hydrogen) atoms. The van der Waals surface area contributed by atoms with Crippen molar-refractivity contribution in [1.29, 1.82) is 0 Å². The molecule has 0 aliphatic carbocycles. The van der Waals surface area contributed by atoms with E-state index in [1.807, 2.05) is 6.92 Å². The van der Waals surface area contributed by atoms with Crippen LogP contribution in [0.5, 0.6) is 0 Å². The van der Waals surface area contributed by atoms with Crippen molar-refractivity contribution in [2.24, 2.45) is 7.05 Å². The van der Waals surface area contributed by atoms with Crippen LogP contribution in [0, 0.1) is 0 Å². The van der Waals surface area contributed by atoms with Gasteiger partial charge in [-0.1, -0.05) is 36.4 Å². The fraction of sp³-hybridized carbons (Fsp3) is 0.304. The van der Waals surface area contributed by atoms with Crippen molar-refractivity contribution in [2.75, 3.05) is 13.2 Å². The second kappa shape index (κ2) is 6.97. The zero-order chi connectivity index (χ0) is 19.0. The maximum Gasteiger partial charge on any atom is 0.0611 e. The smallest absolute Gasteiger partial charge is 0.0611 e. The first-order valence-electron chi connectivity index (χ1n) is 9.42. The van der Waals surface area contributed by atoms with Gasteiger partial charge in [0.2, 0.25) is 0 Å². The number of aliphatic hydroxyl groups is 2. The Labute approximate surface area is 159 Å². The first-order chi connectivity index (χ1) is 13.1. The Balaban J connectivity index is 1.81. The lowest BCUT2D eigenvalue weighted by molar-refractivity contribution is 0.137. The van der Waals surface area contributed by atoms with E-state index < -0.39 is 5.54 Å². The van der Waals surface area contributed by atoms with E-state index in [1.54, 1.807) is 0 Å². The molecule has 0 fully saturated rings. The van der Waals surface area contributed by atoms with Crippen LogP contribution in [0.25, 0.3) is 32.6 Å². The Bertz CT molecular complexity index is 1120. The van der Waals surface area contributed by atoms with Crippen LogP contribution in [0.2, 0.25) is 0 Å². The quantitative estimate of drug-likeness (QED) is 0.490. The molecule has 0 saturated heterocycles. The molecule has 1 aromatic heterocycles. The van der Waals surface area contributed by atoms with Crippen molar-refractivity contribution in [3.63, 3.8) is 0 Å². The first-order valence-corrected chi connectivity index (χ1v) is 9.42. The second-order valence-electron chi connectivity index (χ2n) is 7.64. The Morgan fingerprint density at radius 3 is 2.52 bits per heavy atom. The number of aliphatic hydroxyl groups excluding tert-OH is 2. The van der Waals surface area contributed by atoms with Gasteiger partial charge in [-0.05, 0) is 47.9 Å². The third kappa shape index (κ3) is 3.10. The summed E-state index contributed by atoms with van der Waals surface area (Å²) in [7, 11) is 2.11. The van der Waals surface area contributed by atoms with Crippen molar-refractivity contribution in [2.45, 2.75) is 25.4 Å². The number of nitrogens with one attached hydrogen (secondary N) is 1. The normalized spacial score (nSPS) is 14.2. The number of hydrogen-bond donors (Lipinski definition) is 3. The predicted molar refractivity (Wildman–Crippen MR) is 112 cm³/mol. The summed E-state index contributed by atoms with van der Waals surface area (Å²) in [6, 6.07) is 19.4. The van der Waals surface area contributed by atoms with Gasteiger partial charge in [-0.15, -0.1) is 0 Å². The molecule has 0 aliphatic heterocycles. The highest BCUT2D eigenvalue weighted by molar-refractivity contribution is 6.20. The van der Waals surface area contributed by atoms with Gasteiger partial charge in [0.25, 0.3) is 0 Å². The zero-order valence-electron chi connectivity index (χ0n) is 15.9. The third-order valence-corrected chi connectivity index (χ3v) is 5.69. The molecule has 3 N–H and O–H groups in total. The van der Waals surface area contributed by atoms with Crippen molar-refractivity contribution < 1.29 is 10.2 Å². The molecule has 1 heterocycles. The summed E-state index contributed by atoms with van der Waals surface area (Å²) in [5.41, 5.74) is 3.13. The third-order valence-electron chi connectivity index (χ3n) is 5.69. The molecule has 1 atom stereocenters. The van der Waals surface area contributed by atoms with Crippen LogP contribution < -0.4 is 5.32 Å². The molecule has 0 spiro atoms. The first kappa shape index (κ1) is 18.0. The lowest BCUT2D eigenvalue weighted by atomic mass is 9.98. The lowest BCUT2D eigenvalue weighted by Gasteiger charge is -2.28. The Morgan fingerprint density at radius 1 is 0.963 bits per heavy atom. The molecule has 0 radical (unpaired) electrons. The average Bonchev–Trinajstić information content (AvgIpc) is 2.99. The van der Waals surface area contributed by atoms with Gasteiger partial charge in [0.05, 0.1) is 6.61 Å². The monoisotopic (exact) mass is 362 g/mol. The maximum atomic E-state index is 9.65. The molecule has 1 unspecified atom stereocenters. The highest BCUT2D eigenvalue weighted by Gasteiger charge is 2.22. The zero-order valence-corrected chi connectivity index (χ0v) is 15.9. The Hall–Kier alpha value is -2.40. The minimum absolute atomic E-state index is 0.00525. The molecule has 4 heteroatoms. The van der Waals surface area contributed by atoms with Crippen LogP contribution in [0.15, 0.2) is 54.6 Å². The van der Waals surface area contributed by atoms with E-state index >= 15 is 0 Å². The predicted octanol–water partition coefficient (Wildman–Crippen LogP) is 3.71. The summed E-state index contributed by atoms with van der Waals surface area (Å²) >= 11 is 0. The molecule has 0 amide bonds. The number of aryl methyl sites for hydroxylation is 1. The number of rotatable bonds is 6. The van der Waals surface area contributed by atoms with E-state index in [2.05, 4.69) is 71.5 Å². The van der Waals surface area contributed by atoms with Gasteiger partial charge in [-0.25, -0.2) is 0 Å². The van der Waals surface area contributed by atoms with E-state index in [4.69, 9.17) is 0 Å². The summed E-state index contributed by atoms with van der Waals surface area (Å²) in [6.07, 6.45) is 0.519. The van der Waals surface area contributed by atoms with E-state index in [0.29, 0.717) is 13.0 Å². The largest absolute Gasteiger partial charge is 0.396 e. The van der Waals surface area contributed by atoms with Gasteiger partial charge < -0.3 is 20.1 Å². The van der Waals surface area contributed by atoms with Crippen molar-refractivity contribution >= 4 is 32.6 Å². The average molecular weight is 362 g/mol. The van der Waals surface area contributed by atoms with Gasteiger partial charge in [-0.3, -0.25) is 0 Å². The van der Waals surface area contributed by atoms with Gasteiger partial charge in [0, 0.05) is 47.5 Å². The van der Waals surface area contributed by atoms with Crippen molar-refractivity contribution in [1.82, 2.24) is 9.88 Å². The van der Waals surface area contributed by atoms with Crippen LogP contribution >= 0.6 is 0 Å². The Morgan fingerprint density at radius 2 is 1.74 bits per heavy atom. The number of fused-ring (bicyclic) bond motifs is 5. The van der Waals surface area contributed by atoms with Crippen LogP contribution in [-0.4, -0.2) is 33.5 Å². The van der Waals surface area contributed by atoms with E-state index in [1.165, 1.54) is 38.1 Å². The topological polar surface area (TPSA) is 57.4 Å². The van der Waals surface area contributed by atoms with E-state index in [9.17, 15) is 10.2 Å². The summed E-state index contributed by atoms with van der Waals surface area (Å²) < 4.78 is 2.25. The highest BCUT2D eigenvalue weighted by atomic mass is 16.3. The van der Waals surface area contributed by atoms with Crippen molar-refractivity contribution in [3.8, 4) is 0 Å². The standard InChI is InChI=1S/C23H26N2O2/c1-23(15-27,11-12-26)24-14-16-7-9-20-19(13-16)22-18-6-4-3-5-17(18)8-10-21(22)25(20)2/h3-10,13,24,26-27H,11-12,14-15H2,1-2H3. The van der Waals surface area contributed by atoms with Gasteiger partial charge in [0.1, 0.15) is 0 Å². The number of hydrogen-bond acceptors (Lipinski definition) is 3. The Kier molecular flexibility index (Phi) is 4.64. The highest BCUT2D eigenvalue weighted by Crippen LogP contribution is 2.34. The van der Waals surface area contributed by atoms with Crippen LogP contribution in [0.4, 0.5) is 0 Å². The fourth-order valence-electron chi connectivity index (χ4n) is 3.92. The number of aromatic nitrogens is 1. The van der Waals surface area contributed by atoms with E-state index in [0.717, 1.165) is 0 Å². The van der Waals surface area contributed by atoms with E-state index in [-0.39, 0.29) is 13.2 Å². The molecule has 4 aromatic rings. The minimum Gasteiger partial charge on any atom is -0.396 e. The minimum atomic E-state index is -0.477. The molecular weight excluding hydrogens is 336 g/mol. The van der Waals surface area contributed by atoms with Gasteiger partial charge >= 0.3 is 0 Å². The fourth-order valence-corrected chi connectivity index (χ4v) is 3.92. The number of benzene rings is 3. The number of nitrogens with zero attached hydrogens (tertiary/aromatic N) is 1. The summed E-state index contributed by atoms with van der Waals surface area (Å²) in [4.78, 5) is 0. The molecule has 0 saturated carbocycles. The molecular formula is C23H26N2O2. The summed E-state index contributed by atoms with van der Waals surface area (Å²) in [5.74, 6) is 0. The second-order valence-corrected chi connectivity index (χ2v) is 7.64. The van der Waals surface area contributed by atoms with Crippen molar-refractivity contribution in [3.05, 3.63) is 60.2 Å². The molecule has 3 aromatic carbocycles. The lowest BCUT2D eigenvalue weighted by Crippen LogP contribution is -2.45. The van der Waals surface area contributed by atoms with Crippen LogP contribution in [0.3, 0.4) is 0 Å². The summed E-state index contributed by atoms with van der Waals surface area (Å²) in [6.45, 7) is 2.63. The van der Waals surface area contributed by atoms with Crippen LogP contribution in [0.1, 0.15) is 18.9 Å². The molecule has 4 nitrogen and oxygen atoms in total.